The quantitative estimate of drug-likeness (QED) is 0.445. The first-order valence-corrected chi connectivity index (χ1v) is 10.6. The smallest absolute Gasteiger partial charge is 0.133 e. The zero-order chi connectivity index (χ0) is 22.8. The molecule has 0 spiro atoms. The molecule has 3 aromatic rings. The van der Waals surface area contributed by atoms with Crippen molar-refractivity contribution in [1.82, 2.24) is 0 Å². The van der Waals surface area contributed by atoms with Crippen LogP contribution in [0.15, 0.2) is 58.5 Å². The number of benzene rings is 3. The molecule has 0 unspecified atom stereocenters. The van der Waals surface area contributed by atoms with E-state index in [9.17, 15) is 5.11 Å². The Bertz CT molecular complexity index is 1080. The van der Waals surface area contributed by atoms with Gasteiger partial charge in [0, 0.05) is 23.6 Å². The van der Waals surface area contributed by atoms with Crippen LogP contribution in [-0.2, 0) is 5.41 Å². The Balaban J connectivity index is 2.02. The molecule has 0 saturated heterocycles. The number of nitrogens with zero attached hydrogens (tertiary/aromatic N) is 2. The van der Waals surface area contributed by atoms with Crippen LogP contribution in [0, 0.1) is 27.7 Å². The molecule has 160 valence electrons. The summed E-state index contributed by atoms with van der Waals surface area (Å²) >= 11 is 0. The molecule has 31 heavy (non-hydrogen) atoms. The number of phenolic OH excluding ortho intramolecular Hbond substituents is 1. The van der Waals surface area contributed by atoms with Crippen LogP contribution in [0.3, 0.4) is 0 Å². The molecule has 3 nitrogen and oxygen atoms in total. The fraction of sp³-hybridized carbons (Fsp3) is 0.286. The van der Waals surface area contributed by atoms with Gasteiger partial charge in [0.15, 0.2) is 0 Å². The number of aromatic hydroxyl groups is 1. The van der Waals surface area contributed by atoms with Crippen molar-refractivity contribution in [1.29, 1.82) is 0 Å². The van der Waals surface area contributed by atoms with E-state index in [0.29, 0.717) is 11.1 Å². The summed E-state index contributed by atoms with van der Waals surface area (Å²) in [6, 6.07) is 16.2. The first kappa shape index (κ1) is 22.5. The van der Waals surface area contributed by atoms with E-state index < -0.39 is 0 Å². The van der Waals surface area contributed by atoms with E-state index in [4.69, 9.17) is 0 Å². The van der Waals surface area contributed by atoms with Crippen LogP contribution in [0.4, 0.5) is 11.4 Å². The standard InChI is InChI=1S/C28H32N2O/c1-18-8-10-25(12-20(18)3)29-16-22-14-24(28(5,6)7)15-23(27(22)31)17-30-26-11-9-19(2)21(4)13-26/h8-17,31H,1-7H3. The topological polar surface area (TPSA) is 45.0 Å². The van der Waals surface area contributed by atoms with Crippen molar-refractivity contribution in [3.05, 3.63) is 87.5 Å². The molecular weight excluding hydrogens is 380 g/mol. The van der Waals surface area contributed by atoms with Crippen LogP contribution in [0.1, 0.15) is 59.7 Å². The summed E-state index contributed by atoms with van der Waals surface area (Å²) in [5.41, 5.74) is 9.03. The van der Waals surface area contributed by atoms with Gasteiger partial charge in [-0.3, -0.25) is 9.98 Å². The number of rotatable bonds is 4. The summed E-state index contributed by atoms with van der Waals surface area (Å²) in [6.07, 6.45) is 3.48. The minimum Gasteiger partial charge on any atom is -0.507 e. The lowest BCUT2D eigenvalue weighted by molar-refractivity contribution is 0.472. The second kappa shape index (κ2) is 8.89. The van der Waals surface area contributed by atoms with Gasteiger partial charge in [0.1, 0.15) is 5.75 Å². The Hall–Kier alpha value is -3.20. The molecule has 0 radical (unpaired) electrons. The van der Waals surface area contributed by atoms with Crippen molar-refractivity contribution < 1.29 is 5.11 Å². The molecule has 0 heterocycles. The van der Waals surface area contributed by atoms with Crippen molar-refractivity contribution >= 4 is 23.8 Å². The maximum atomic E-state index is 10.9. The van der Waals surface area contributed by atoms with Gasteiger partial charge in [0.2, 0.25) is 0 Å². The monoisotopic (exact) mass is 412 g/mol. The van der Waals surface area contributed by atoms with Crippen molar-refractivity contribution in [2.45, 2.75) is 53.9 Å². The largest absolute Gasteiger partial charge is 0.507 e. The second-order valence-corrected chi connectivity index (χ2v) is 9.31. The van der Waals surface area contributed by atoms with Crippen molar-refractivity contribution in [2.75, 3.05) is 0 Å². The van der Waals surface area contributed by atoms with Crippen LogP contribution < -0.4 is 0 Å². The minimum atomic E-state index is -0.0697. The van der Waals surface area contributed by atoms with Gasteiger partial charge in [-0.25, -0.2) is 0 Å². The number of hydrogen-bond acceptors (Lipinski definition) is 3. The Kier molecular flexibility index (Phi) is 6.45. The highest BCUT2D eigenvalue weighted by atomic mass is 16.3. The number of aliphatic imine (C=N–C) groups is 2. The highest BCUT2D eigenvalue weighted by Gasteiger charge is 2.17. The highest BCUT2D eigenvalue weighted by Crippen LogP contribution is 2.30. The molecule has 1 N–H and O–H groups in total. The van der Waals surface area contributed by atoms with Gasteiger partial charge in [-0.1, -0.05) is 32.9 Å². The maximum absolute atomic E-state index is 10.9. The van der Waals surface area contributed by atoms with E-state index >= 15 is 0 Å². The van der Waals surface area contributed by atoms with Crippen LogP contribution in [-0.4, -0.2) is 17.5 Å². The van der Waals surface area contributed by atoms with Gasteiger partial charge in [-0.15, -0.1) is 0 Å². The van der Waals surface area contributed by atoms with Gasteiger partial charge < -0.3 is 5.11 Å². The van der Waals surface area contributed by atoms with E-state index in [1.54, 1.807) is 12.4 Å². The summed E-state index contributed by atoms with van der Waals surface area (Å²) in [6.45, 7) is 14.8. The van der Waals surface area contributed by atoms with Gasteiger partial charge in [-0.05, 0) is 97.3 Å². The van der Waals surface area contributed by atoms with Crippen molar-refractivity contribution in [3.8, 4) is 5.75 Å². The highest BCUT2D eigenvalue weighted by molar-refractivity contribution is 5.94. The zero-order valence-corrected chi connectivity index (χ0v) is 19.6. The maximum Gasteiger partial charge on any atom is 0.133 e. The van der Waals surface area contributed by atoms with Crippen LogP contribution >= 0.6 is 0 Å². The van der Waals surface area contributed by atoms with Crippen LogP contribution in [0.5, 0.6) is 5.75 Å². The van der Waals surface area contributed by atoms with Gasteiger partial charge in [0.05, 0.1) is 11.4 Å². The van der Waals surface area contributed by atoms with Crippen LogP contribution in [0.2, 0.25) is 0 Å². The minimum absolute atomic E-state index is 0.0697. The molecule has 3 heteroatoms. The molecule has 3 rings (SSSR count). The fourth-order valence-corrected chi connectivity index (χ4v) is 3.21. The lowest BCUT2D eigenvalue weighted by atomic mass is 9.85. The second-order valence-electron chi connectivity index (χ2n) is 9.31. The molecule has 0 amide bonds. The van der Waals surface area contributed by atoms with Crippen molar-refractivity contribution in [2.24, 2.45) is 9.98 Å². The molecule has 3 aromatic carbocycles. The van der Waals surface area contributed by atoms with Gasteiger partial charge >= 0.3 is 0 Å². The third-order valence-corrected chi connectivity index (χ3v) is 5.72. The lowest BCUT2D eigenvalue weighted by Gasteiger charge is -2.21. The van der Waals surface area contributed by atoms with E-state index in [1.807, 2.05) is 24.3 Å². The normalized spacial score (nSPS) is 12.2. The summed E-state index contributed by atoms with van der Waals surface area (Å²) in [4.78, 5) is 9.23. The van der Waals surface area contributed by atoms with Gasteiger partial charge in [0.25, 0.3) is 0 Å². The first-order valence-electron chi connectivity index (χ1n) is 10.6. The van der Waals surface area contributed by atoms with E-state index in [0.717, 1.165) is 16.9 Å². The van der Waals surface area contributed by atoms with Crippen molar-refractivity contribution in [3.63, 3.8) is 0 Å². The molecule has 0 fully saturated rings. The summed E-state index contributed by atoms with van der Waals surface area (Å²) in [7, 11) is 0. The Labute approximate surface area is 186 Å². The molecule has 0 aliphatic carbocycles. The third-order valence-electron chi connectivity index (χ3n) is 5.72. The van der Waals surface area contributed by atoms with Crippen LogP contribution in [0.25, 0.3) is 0 Å². The molecular formula is C28H32N2O. The molecule has 0 bridgehead atoms. The molecule has 0 atom stereocenters. The Morgan fingerprint density at radius 2 is 1.06 bits per heavy atom. The third kappa shape index (κ3) is 5.49. The van der Waals surface area contributed by atoms with E-state index in [-0.39, 0.29) is 11.2 Å². The Morgan fingerprint density at radius 1 is 0.645 bits per heavy atom. The van der Waals surface area contributed by atoms with E-state index in [1.165, 1.54) is 22.3 Å². The summed E-state index contributed by atoms with van der Waals surface area (Å²) in [5, 5.41) is 10.9. The average Bonchev–Trinajstić information content (AvgIpc) is 2.70. The SMILES string of the molecule is Cc1ccc(N=Cc2cc(C(C)(C)C)cc(C=Nc3ccc(C)c(C)c3)c2O)cc1C. The summed E-state index contributed by atoms with van der Waals surface area (Å²) in [5.74, 6) is 0.188. The van der Waals surface area contributed by atoms with E-state index in [2.05, 4.69) is 82.7 Å². The molecule has 0 aliphatic rings. The first-order chi connectivity index (χ1) is 14.5. The zero-order valence-electron chi connectivity index (χ0n) is 19.6. The van der Waals surface area contributed by atoms with Gasteiger partial charge in [-0.2, -0.15) is 0 Å². The fourth-order valence-electron chi connectivity index (χ4n) is 3.21. The predicted octanol–water partition coefficient (Wildman–Crippen LogP) is 7.42. The number of phenols is 1. The number of aryl methyl sites for hydroxylation is 4. The predicted molar refractivity (Wildman–Crippen MR) is 133 cm³/mol. The number of hydrogen-bond donors (Lipinski definition) is 1. The molecule has 0 aliphatic heterocycles. The lowest BCUT2D eigenvalue weighted by Crippen LogP contribution is -2.12. The molecule has 0 aromatic heterocycles. The summed E-state index contributed by atoms with van der Waals surface area (Å²) < 4.78 is 0. The average molecular weight is 413 g/mol. The Morgan fingerprint density at radius 3 is 1.42 bits per heavy atom. The molecule has 0 saturated carbocycles.